The van der Waals surface area contributed by atoms with E-state index in [0.717, 1.165) is 0 Å². The standard InChI is InChI=1S/C7H12O7/c8-1-3(10)5(12)7(14)6(13)4(11)2-9/h1-3,5-7,9-14H/t3-,5+,6+,7+/m0/s1. The molecule has 0 radical (unpaired) electrons. The van der Waals surface area contributed by atoms with E-state index in [9.17, 15) is 4.79 Å². The smallest absolute Gasteiger partial charge is 0.158 e. The largest absolute Gasteiger partial charge is 0.512 e. The molecule has 6 N–H and O–H groups in total. The molecule has 0 aliphatic carbocycles. The average molecular weight is 208 g/mol. The Morgan fingerprint density at radius 3 is 1.93 bits per heavy atom. The van der Waals surface area contributed by atoms with Gasteiger partial charge in [-0.3, -0.25) is 0 Å². The van der Waals surface area contributed by atoms with E-state index in [2.05, 4.69) is 0 Å². The van der Waals surface area contributed by atoms with Gasteiger partial charge in [0.15, 0.2) is 12.0 Å². The summed E-state index contributed by atoms with van der Waals surface area (Å²) in [5.74, 6) is -0.991. The van der Waals surface area contributed by atoms with Crippen LogP contribution in [0.2, 0.25) is 0 Å². The molecule has 0 aromatic heterocycles. The van der Waals surface area contributed by atoms with Gasteiger partial charge >= 0.3 is 0 Å². The summed E-state index contributed by atoms with van der Waals surface area (Å²) in [4.78, 5) is 9.98. The van der Waals surface area contributed by atoms with Crippen molar-refractivity contribution in [1.29, 1.82) is 0 Å². The molecule has 0 rings (SSSR count). The third-order valence-electron chi connectivity index (χ3n) is 1.60. The summed E-state index contributed by atoms with van der Waals surface area (Å²) in [5.41, 5.74) is 0. The van der Waals surface area contributed by atoms with Crippen molar-refractivity contribution in [3.8, 4) is 0 Å². The fourth-order valence-electron chi connectivity index (χ4n) is 0.721. The van der Waals surface area contributed by atoms with Crippen LogP contribution in [0.15, 0.2) is 12.0 Å². The number of aliphatic hydroxyl groups excluding tert-OH is 6. The summed E-state index contributed by atoms with van der Waals surface area (Å²) < 4.78 is 0. The maximum absolute atomic E-state index is 9.98. The lowest BCUT2D eigenvalue weighted by Gasteiger charge is -2.23. The normalized spacial score (nSPS) is 21.0. The minimum Gasteiger partial charge on any atom is -0.512 e. The van der Waals surface area contributed by atoms with E-state index in [1.54, 1.807) is 0 Å². The lowest BCUT2D eigenvalue weighted by molar-refractivity contribution is -0.133. The van der Waals surface area contributed by atoms with E-state index >= 15 is 0 Å². The second kappa shape index (κ2) is 5.55. The van der Waals surface area contributed by atoms with E-state index in [1.807, 2.05) is 0 Å². The van der Waals surface area contributed by atoms with Crippen molar-refractivity contribution >= 4 is 6.29 Å². The van der Waals surface area contributed by atoms with Gasteiger partial charge in [0, 0.05) is 0 Å². The second-order valence-corrected chi connectivity index (χ2v) is 2.61. The first-order chi connectivity index (χ1) is 6.45. The van der Waals surface area contributed by atoms with Crippen LogP contribution in [0.25, 0.3) is 0 Å². The van der Waals surface area contributed by atoms with Crippen LogP contribution in [0.1, 0.15) is 0 Å². The molecule has 0 unspecified atom stereocenters. The minimum atomic E-state index is -1.99. The zero-order valence-corrected chi connectivity index (χ0v) is 7.06. The van der Waals surface area contributed by atoms with Gasteiger partial charge in [0.05, 0.1) is 0 Å². The molecule has 0 bridgehead atoms. The van der Waals surface area contributed by atoms with Gasteiger partial charge in [-0.05, 0) is 0 Å². The molecule has 0 amide bonds. The van der Waals surface area contributed by atoms with Crippen LogP contribution in [-0.2, 0) is 4.79 Å². The summed E-state index contributed by atoms with van der Waals surface area (Å²) in [6, 6.07) is 0. The van der Waals surface area contributed by atoms with Crippen LogP contribution in [0.3, 0.4) is 0 Å². The highest BCUT2D eigenvalue weighted by molar-refractivity contribution is 5.56. The van der Waals surface area contributed by atoms with Gasteiger partial charge in [-0.25, -0.2) is 0 Å². The van der Waals surface area contributed by atoms with Crippen molar-refractivity contribution in [3.05, 3.63) is 12.0 Å². The number of aldehydes is 1. The molecule has 14 heavy (non-hydrogen) atoms. The fraction of sp³-hybridized carbons (Fsp3) is 0.571. The number of hydrogen-bond donors (Lipinski definition) is 6. The molecule has 82 valence electrons. The Morgan fingerprint density at radius 1 is 1.07 bits per heavy atom. The molecule has 0 aliphatic rings. The highest BCUT2D eigenvalue weighted by Crippen LogP contribution is 2.09. The first-order valence-corrected chi connectivity index (χ1v) is 3.66. The summed E-state index contributed by atoms with van der Waals surface area (Å²) in [5, 5.41) is 52.7. The molecule has 4 atom stereocenters. The predicted octanol–water partition coefficient (Wildman–Crippen LogP) is -2.41. The Hall–Kier alpha value is -1.15. The van der Waals surface area contributed by atoms with Crippen LogP contribution in [-0.4, -0.2) is 61.3 Å². The topological polar surface area (TPSA) is 138 Å². The molecule has 0 fully saturated rings. The van der Waals surface area contributed by atoms with Crippen LogP contribution in [0.4, 0.5) is 0 Å². The Morgan fingerprint density at radius 2 is 1.57 bits per heavy atom. The summed E-state index contributed by atoms with van der Waals surface area (Å²) in [6.07, 6.45) is -7.73. The van der Waals surface area contributed by atoms with Crippen molar-refractivity contribution in [2.45, 2.75) is 24.4 Å². The highest BCUT2D eigenvalue weighted by Gasteiger charge is 2.32. The number of aliphatic hydroxyl groups is 6. The zero-order chi connectivity index (χ0) is 11.3. The Kier molecular flexibility index (Phi) is 5.10. The molecular weight excluding hydrogens is 196 g/mol. The monoisotopic (exact) mass is 208 g/mol. The lowest BCUT2D eigenvalue weighted by atomic mass is 10.0. The molecule has 0 aromatic carbocycles. The third-order valence-corrected chi connectivity index (χ3v) is 1.60. The molecule has 7 nitrogen and oxygen atoms in total. The van der Waals surface area contributed by atoms with Crippen LogP contribution >= 0.6 is 0 Å². The van der Waals surface area contributed by atoms with Gasteiger partial charge in [-0.1, -0.05) is 0 Å². The van der Waals surface area contributed by atoms with Crippen molar-refractivity contribution < 1.29 is 35.4 Å². The third kappa shape index (κ3) is 2.96. The first kappa shape index (κ1) is 12.8. The number of carbonyl (C=O) groups excluding carboxylic acids is 1. The number of rotatable bonds is 5. The Balaban J connectivity index is 4.45. The summed E-state index contributed by atoms with van der Waals surface area (Å²) in [7, 11) is 0. The Labute approximate surface area is 79.2 Å². The summed E-state index contributed by atoms with van der Waals surface area (Å²) >= 11 is 0. The highest BCUT2D eigenvalue weighted by atomic mass is 16.4. The molecule has 0 heterocycles. The van der Waals surface area contributed by atoms with Gasteiger partial charge in [-0.2, -0.15) is 0 Å². The van der Waals surface area contributed by atoms with Gasteiger partial charge in [-0.15, -0.1) is 0 Å². The van der Waals surface area contributed by atoms with Crippen molar-refractivity contribution in [2.75, 3.05) is 0 Å². The van der Waals surface area contributed by atoms with Crippen LogP contribution in [0, 0.1) is 0 Å². The van der Waals surface area contributed by atoms with Crippen molar-refractivity contribution in [3.63, 3.8) is 0 Å². The van der Waals surface area contributed by atoms with Crippen LogP contribution in [0.5, 0.6) is 0 Å². The molecule has 0 spiro atoms. The second-order valence-electron chi connectivity index (χ2n) is 2.61. The van der Waals surface area contributed by atoms with Gasteiger partial charge < -0.3 is 35.4 Å². The van der Waals surface area contributed by atoms with E-state index in [4.69, 9.17) is 30.6 Å². The number of carbonyl (C=O) groups is 1. The van der Waals surface area contributed by atoms with Gasteiger partial charge in [0.1, 0.15) is 30.7 Å². The molecule has 0 aliphatic heterocycles. The van der Waals surface area contributed by atoms with E-state index < -0.39 is 30.2 Å². The van der Waals surface area contributed by atoms with E-state index in [0.29, 0.717) is 0 Å². The van der Waals surface area contributed by atoms with Gasteiger partial charge in [0.25, 0.3) is 0 Å². The number of hydrogen-bond acceptors (Lipinski definition) is 7. The molecule has 0 aromatic rings. The van der Waals surface area contributed by atoms with E-state index in [1.165, 1.54) is 0 Å². The van der Waals surface area contributed by atoms with Gasteiger partial charge in [0.2, 0.25) is 0 Å². The minimum absolute atomic E-state index is 0.0414. The SMILES string of the molecule is O=C[C@H](O)[C@@H](O)[C@@H](O)[C@H](O)C(O)=CO. The van der Waals surface area contributed by atoms with E-state index in [-0.39, 0.29) is 12.5 Å². The predicted molar refractivity (Wildman–Crippen MR) is 43.4 cm³/mol. The Bertz CT molecular complexity index is 214. The quantitative estimate of drug-likeness (QED) is 0.218. The maximum Gasteiger partial charge on any atom is 0.158 e. The fourth-order valence-corrected chi connectivity index (χ4v) is 0.721. The maximum atomic E-state index is 9.98. The molecular formula is C7H12O7. The van der Waals surface area contributed by atoms with Crippen LogP contribution < -0.4 is 0 Å². The average Bonchev–Trinajstić information content (AvgIpc) is 2.23. The molecule has 0 saturated heterocycles. The van der Waals surface area contributed by atoms with Crippen molar-refractivity contribution in [1.82, 2.24) is 0 Å². The van der Waals surface area contributed by atoms with Crippen molar-refractivity contribution in [2.24, 2.45) is 0 Å². The first-order valence-electron chi connectivity index (χ1n) is 3.66. The lowest BCUT2D eigenvalue weighted by Crippen LogP contribution is -2.45. The molecule has 7 heteroatoms. The zero-order valence-electron chi connectivity index (χ0n) is 7.06. The summed E-state index contributed by atoms with van der Waals surface area (Å²) in [6.45, 7) is 0. The molecule has 0 saturated carbocycles.